The van der Waals surface area contributed by atoms with Crippen LogP contribution in [0.5, 0.6) is 0 Å². The van der Waals surface area contributed by atoms with Crippen molar-refractivity contribution in [3.05, 3.63) is 47.5 Å². The lowest BCUT2D eigenvalue weighted by Crippen LogP contribution is -2.29. The molecule has 1 fully saturated rings. The van der Waals surface area contributed by atoms with E-state index in [2.05, 4.69) is 36.4 Å². The summed E-state index contributed by atoms with van der Waals surface area (Å²) in [7, 11) is 0. The van der Waals surface area contributed by atoms with Gasteiger partial charge in [-0.1, -0.05) is 23.9 Å². The summed E-state index contributed by atoms with van der Waals surface area (Å²) in [6.45, 7) is 4.09. The van der Waals surface area contributed by atoms with Gasteiger partial charge < -0.3 is 4.74 Å². The average Bonchev–Trinajstić information content (AvgIpc) is 3.28. The average molecular weight is 311 g/mol. The van der Waals surface area contributed by atoms with E-state index < -0.39 is 0 Å². The second-order valence-corrected chi connectivity index (χ2v) is 7.05. The van der Waals surface area contributed by atoms with Gasteiger partial charge in [0, 0.05) is 9.79 Å². The Hall–Kier alpha value is -1.94. The van der Waals surface area contributed by atoms with Crippen LogP contribution in [0.2, 0.25) is 0 Å². The molecule has 1 aliphatic heterocycles. The fourth-order valence-electron chi connectivity index (χ4n) is 2.60. The zero-order valence-corrected chi connectivity index (χ0v) is 13.4. The second-order valence-electron chi connectivity index (χ2n) is 5.96. The molecule has 0 atom stereocenters. The maximum absolute atomic E-state index is 12.7. The number of carbonyl (C=O) groups is 1. The summed E-state index contributed by atoms with van der Waals surface area (Å²) in [5.41, 5.74) is 4.13. The first-order valence-electron chi connectivity index (χ1n) is 7.52. The molecule has 0 radical (unpaired) electrons. The van der Waals surface area contributed by atoms with Crippen LogP contribution in [-0.2, 0) is 4.74 Å². The molecule has 1 aliphatic carbocycles. The second kappa shape index (κ2) is 5.06. The van der Waals surface area contributed by atoms with Crippen molar-refractivity contribution in [3.8, 4) is 0 Å². The van der Waals surface area contributed by atoms with Crippen molar-refractivity contribution >= 4 is 29.2 Å². The zero-order valence-electron chi connectivity index (χ0n) is 12.6. The van der Waals surface area contributed by atoms with E-state index in [4.69, 9.17) is 4.74 Å². The van der Waals surface area contributed by atoms with Gasteiger partial charge in [0.25, 0.3) is 0 Å². The molecule has 1 heterocycles. The van der Waals surface area contributed by atoms with Crippen LogP contribution in [-0.4, -0.2) is 12.2 Å². The van der Waals surface area contributed by atoms with E-state index in [1.54, 1.807) is 16.7 Å². The minimum atomic E-state index is -0.262. The lowest BCUT2D eigenvalue weighted by atomic mass is 10.1. The normalized spacial score (nSPS) is 16.0. The number of fused-ring (bicyclic) bond motifs is 2. The van der Waals surface area contributed by atoms with E-state index in [9.17, 15) is 4.79 Å². The molecule has 4 rings (SSSR count). The first-order valence-corrected chi connectivity index (χ1v) is 8.33. The Bertz CT molecular complexity index is 716. The molecule has 22 heavy (non-hydrogen) atoms. The smallest absolute Gasteiger partial charge is 0.419 e. The largest absolute Gasteiger partial charge is 0.446 e. The molecule has 0 spiro atoms. The SMILES string of the molecule is Cc1ccc2c(c1)N(C(=O)OC1CC1)c1cc(C)ccc1S2. The van der Waals surface area contributed by atoms with Crippen molar-refractivity contribution < 1.29 is 9.53 Å². The number of nitrogens with zero attached hydrogens (tertiary/aromatic N) is 1. The third kappa shape index (κ3) is 2.37. The van der Waals surface area contributed by atoms with E-state index in [0.29, 0.717) is 0 Å². The van der Waals surface area contributed by atoms with Crippen LogP contribution in [0, 0.1) is 13.8 Å². The Morgan fingerprint density at radius 3 is 2.09 bits per heavy atom. The maximum atomic E-state index is 12.7. The van der Waals surface area contributed by atoms with Gasteiger partial charge >= 0.3 is 6.09 Å². The van der Waals surface area contributed by atoms with Crippen molar-refractivity contribution in [2.24, 2.45) is 0 Å². The van der Waals surface area contributed by atoms with Crippen molar-refractivity contribution in [3.63, 3.8) is 0 Å². The van der Waals surface area contributed by atoms with Crippen molar-refractivity contribution in [1.82, 2.24) is 0 Å². The van der Waals surface area contributed by atoms with Crippen LogP contribution < -0.4 is 4.90 Å². The van der Waals surface area contributed by atoms with Crippen LogP contribution in [0.15, 0.2) is 46.2 Å². The van der Waals surface area contributed by atoms with Gasteiger partial charge in [-0.3, -0.25) is 0 Å². The molecule has 0 unspecified atom stereocenters. The van der Waals surface area contributed by atoms with E-state index >= 15 is 0 Å². The summed E-state index contributed by atoms with van der Waals surface area (Å²) in [6.07, 6.45) is 1.80. The van der Waals surface area contributed by atoms with Crippen LogP contribution >= 0.6 is 11.8 Å². The van der Waals surface area contributed by atoms with Gasteiger partial charge in [0.1, 0.15) is 6.10 Å². The van der Waals surface area contributed by atoms with Crippen LogP contribution in [0.4, 0.5) is 16.2 Å². The fraction of sp³-hybridized carbons (Fsp3) is 0.278. The van der Waals surface area contributed by atoms with Gasteiger partial charge in [0.05, 0.1) is 11.4 Å². The van der Waals surface area contributed by atoms with Gasteiger partial charge in [-0.05, 0) is 62.1 Å². The Balaban J connectivity index is 1.84. The lowest BCUT2D eigenvalue weighted by molar-refractivity contribution is 0.149. The highest BCUT2D eigenvalue weighted by molar-refractivity contribution is 7.99. The topological polar surface area (TPSA) is 29.5 Å². The van der Waals surface area contributed by atoms with Crippen LogP contribution in [0.3, 0.4) is 0 Å². The zero-order chi connectivity index (χ0) is 15.3. The number of carbonyl (C=O) groups excluding carboxylic acids is 1. The van der Waals surface area contributed by atoms with E-state index in [1.165, 1.54) is 0 Å². The molecule has 3 nitrogen and oxygen atoms in total. The highest BCUT2D eigenvalue weighted by atomic mass is 32.2. The molecular weight excluding hydrogens is 294 g/mol. The molecule has 2 aromatic carbocycles. The number of hydrogen-bond donors (Lipinski definition) is 0. The summed E-state index contributed by atoms with van der Waals surface area (Å²) in [4.78, 5) is 16.6. The molecule has 112 valence electrons. The Morgan fingerprint density at radius 2 is 1.59 bits per heavy atom. The van der Waals surface area contributed by atoms with Gasteiger partial charge in [-0.2, -0.15) is 0 Å². The van der Waals surface area contributed by atoms with Crippen molar-refractivity contribution in [2.45, 2.75) is 42.6 Å². The van der Waals surface area contributed by atoms with Gasteiger partial charge in [-0.15, -0.1) is 0 Å². The predicted octanol–water partition coefficient (Wildman–Crippen LogP) is 5.21. The number of anilines is 2. The Kier molecular flexibility index (Phi) is 3.15. The molecule has 0 saturated heterocycles. The highest BCUT2D eigenvalue weighted by Gasteiger charge is 2.34. The molecule has 0 N–H and O–H groups in total. The lowest BCUT2D eigenvalue weighted by Gasteiger charge is -2.31. The molecule has 2 aromatic rings. The van der Waals surface area contributed by atoms with Crippen LogP contribution in [0.1, 0.15) is 24.0 Å². The summed E-state index contributed by atoms with van der Waals surface area (Å²) < 4.78 is 5.57. The molecule has 0 bridgehead atoms. The number of ether oxygens (including phenoxy) is 1. The summed E-state index contributed by atoms with van der Waals surface area (Å²) >= 11 is 1.71. The molecule has 2 aliphatic rings. The third-order valence-electron chi connectivity index (χ3n) is 3.91. The Morgan fingerprint density at radius 1 is 1.05 bits per heavy atom. The first kappa shape index (κ1) is 13.7. The van der Waals surface area contributed by atoms with Crippen LogP contribution in [0.25, 0.3) is 0 Å². The number of rotatable bonds is 1. The van der Waals surface area contributed by atoms with E-state index in [-0.39, 0.29) is 12.2 Å². The standard InChI is InChI=1S/C18H17NO2S/c1-11-3-7-16-14(9-11)19(18(20)21-13-5-6-13)15-10-12(2)4-8-17(15)22-16/h3-4,7-10,13H,5-6H2,1-2H3. The fourth-order valence-corrected chi connectivity index (χ4v) is 3.62. The number of benzene rings is 2. The monoisotopic (exact) mass is 311 g/mol. The summed E-state index contributed by atoms with van der Waals surface area (Å²) in [6, 6.07) is 12.4. The van der Waals surface area contributed by atoms with E-state index in [0.717, 1.165) is 45.1 Å². The Labute approximate surface area is 134 Å². The number of amides is 1. The maximum Gasteiger partial charge on any atom is 0.419 e. The van der Waals surface area contributed by atoms with Gasteiger partial charge in [0.2, 0.25) is 0 Å². The third-order valence-corrected chi connectivity index (χ3v) is 5.04. The predicted molar refractivity (Wildman–Crippen MR) is 88.1 cm³/mol. The molecular formula is C18H17NO2S. The molecule has 1 amide bonds. The molecule has 4 heteroatoms. The van der Waals surface area contributed by atoms with Crippen molar-refractivity contribution in [2.75, 3.05) is 4.90 Å². The quantitative estimate of drug-likeness (QED) is 0.724. The molecule has 0 aromatic heterocycles. The number of aryl methyl sites for hydroxylation is 2. The minimum absolute atomic E-state index is 0.101. The summed E-state index contributed by atoms with van der Waals surface area (Å²) in [5, 5.41) is 0. The molecule has 1 saturated carbocycles. The highest BCUT2D eigenvalue weighted by Crippen LogP contribution is 2.49. The van der Waals surface area contributed by atoms with Gasteiger partial charge in [-0.25, -0.2) is 9.69 Å². The summed E-state index contributed by atoms with van der Waals surface area (Å²) in [5.74, 6) is 0. The first-order chi connectivity index (χ1) is 10.6. The minimum Gasteiger partial charge on any atom is -0.446 e. The number of hydrogen-bond acceptors (Lipinski definition) is 3. The van der Waals surface area contributed by atoms with Gasteiger partial charge in [0.15, 0.2) is 0 Å². The van der Waals surface area contributed by atoms with Crippen molar-refractivity contribution in [1.29, 1.82) is 0 Å². The van der Waals surface area contributed by atoms with E-state index in [1.807, 2.05) is 13.8 Å².